The lowest BCUT2D eigenvalue weighted by Crippen LogP contribution is -2.30. The minimum Gasteiger partial charge on any atom is -0.317 e. The Bertz CT molecular complexity index is 561. The summed E-state index contributed by atoms with van der Waals surface area (Å²) in [4.78, 5) is 0. The summed E-state index contributed by atoms with van der Waals surface area (Å²) in [5, 5.41) is 11.7. The molecule has 0 spiro atoms. The van der Waals surface area contributed by atoms with E-state index in [4.69, 9.17) is 0 Å². The largest absolute Gasteiger partial charge is 0.317 e. The number of aryl methyl sites for hydroxylation is 2. The molecule has 0 amide bonds. The van der Waals surface area contributed by atoms with Crippen LogP contribution in [0.25, 0.3) is 0 Å². The van der Waals surface area contributed by atoms with Crippen LogP contribution >= 0.6 is 0 Å². The van der Waals surface area contributed by atoms with Gasteiger partial charge in [-0.15, -0.1) is 10.2 Å². The summed E-state index contributed by atoms with van der Waals surface area (Å²) >= 11 is 0. The molecule has 1 unspecified atom stereocenters. The van der Waals surface area contributed by atoms with Crippen molar-refractivity contribution in [2.45, 2.75) is 31.7 Å². The molecule has 1 aromatic heterocycles. The van der Waals surface area contributed by atoms with Gasteiger partial charge in [0.2, 0.25) is 0 Å². The normalized spacial score (nSPS) is 19.1. The van der Waals surface area contributed by atoms with Gasteiger partial charge in [-0.1, -0.05) is 18.2 Å². The number of piperidine rings is 1. The second-order valence-corrected chi connectivity index (χ2v) is 5.27. The summed E-state index contributed by atoms with van der Waals surface area (Å²) in [6.45, 7) is 2.76. The lowest BCUT2D eigenvalue weighted by molar-refractivity contribution is 0.430. The van der Waals surface area contributed by atoms with E-state index >= 15 is 0 Å². The van der Waals surface area contributed by atoms with Crippen LogP contribution in [0.3, 0.4) is 0 Å². The topological polar surface area (TPSA) is 42.7 Å². The number of benzene rings is 1. The third-order valence-electron chi connectivity index (χ3n) is 3.89. The van der Waals surface area contributed by atoms with E-state index in [2.05, 4.69) is 20.1 Å². The van der Waals surface area contributed by atoms with Crippen molar-refractivity contribution < 1.29 is 4.39 Å². The van der Waals surface area contributed by atoms with Crippen LogP contribution in [-0.2, 0) is 13.0 Å². The maximum Gasteiger partial charge on any atom is 0.137 e. The predicted octanol–water partition coefficient (Wildman–Crippen LogP) is 2.13. The monoisotopic (exact) mass is 274 g/mol. The molecule has 1 aliphatic heterocycles. The first-order valence-electron chi connectivity index (χ1n) is 7.16. The van der Waals surface area contributed by atoms with Crippen LogP contribution in [0.4, 0.5) is 4.39 Å². The third kappa shape index (κ3) is 2.88. The van der Waals surface area contributed by atoms with Gasteiger partial charge >= 0.3 is 0 Å². The van der Waals surface area contributed by atoms with E-state index in [0.29, 0.717) is 12.3 Å². The standard InChI is InChI=1S/C15H19FN4/c16-14-6-2-1-4-12(14)7-9-20-11-18-19-15(20)13-5-3-8-17-10-13/h1-2,4,6,11,13,17H,3,5,7-10H2. The molecule has 1 aliphatic rings. The molecule has 1 aromatic carbocycles. The van der Waals surface area contributed by atoms with Gasteiger partial charge in [-0.05, 0) is 37.4 Å². The van der Waals surface area contributed by atoms with Crippen molar-refractivity contribution in [3.63, 3.8) is 0 Å². The molecule has 1 N–H and O–H groups in total. The number of halogens is 1. The molecule has 0 aliphatic carbocycles. The summed E-state index contributed by atoms with van der Waals surface area (Å²) in [5.74, 6) is 1.31. The van der Waals surface area contributed by atoms with Gasteiger partial charge in [-0.2, -0.15) is 0 Å². The van der Waals surface area contributed by atoms with E-state index in [-0.39, 0.29) is 5.82 Å². The van der Waals surface area contributed by atoms with Crippen molar-refractivity contribution >= 4 is 0 Å². The molecule has 0 bridgehead atoms. The zero-order valence-corrected chi connectivity index (χ0v) is 11.4. The minimum atomic E-state index is -0.138. The number of nitrogens with one attached hydrogen (secondary N) is 1. The van der Waals surface area contributed by atoms with Crippen LogP contribution < -0.4 is 5.32 Å². The Morgan fingerprint density at radius 1 is 1.35 bits per heavy atom. The fraction of sp³-hybridized carbons (Fsp3) is 0.467. The summed E-state index contributed by atoms with van der Waals surface area (Å²) in [6, 6.07) is 6.93. The SMILES string of the molecule is Fc1ccccc1CCn1cnnc1C1CCCNC1. The van der Waals surface area contributed by atoms with E-state index in [9.17, 15) is 4.39 Å². The third-order valence-corrected chi connectivity index (χ3v) is 3.89. The lowest BCUT2D eigenvalue weighted by atomic mass is 9.99. The molecule has 3 rings (SSSR count). The molecule has 1 saturated heterocycles. The molecule has 20 heavy (non-hydrogen) atoms. The number of rotatable bonds is 4. The van der Waals surface area contributed by atoms with Crippen LogP contribution in [-0.4, -0.2) is 27.9 Å². The Labute approximate surface area is 118 Å². The van der Waals surface area contributed by atoms with E-state index in [1.807, 2.05) is 12.1 Å². The Balaban J connectivity index is 1.69. The van der Waals surface area contributed by atoms with Crippen LogP contribution in [0.15, 0.2) is 30.6 Å². The first-order chi connectivity index (χ1) is 9.84. The molecule has 2 aromatic rings. The number of hydrogen-bond acceptors (Lipinski definition) is 3. The van der Waals surface area contributed by atoms with Gasteiger partial charge in [-0.3, -0.25) is 0 Å². The van der Waals surface area contributed by atoms with Gasteiger partial charge in [0.1, 0.15) is 18.0 Å². The molecule has 1 fully saturated rings. The summed E-state index contributed by atoms with van der Waals surface area (Å²) in [6.07, 6.45) is 4.73. The molecule has 106 valence electrons. The molecule has 2 heterocycles. The molecular formula is C15H19FN4. The second kappa shape index (κ2) is 6.13. The van der Waals surface area contributed by atoms with Crippen LogP contribution in [0.2, 0.25) is 0 Å². The highest BCUT2D eigenvalue weighted by Crippen LogP contribution is 2.21. The second-order valence-electron chi connectivity index (χ2n) is 5.27. The quantitative estimate of drug-likeness (QED) is 0.928. The summed E-state index contributed by atoms with van der Waals surface area (Å²) in [7, 11) is 0. The van der Waals surface area contributed by atoms with Crippen molar-refractivity contribution in [2.75, 3.05) is 13.1 Å². The highest BCUT2D eigenvalue weighted by molar-refractivity contribution is 5.17. The maximum atomic E-state index is 13.6. The van der Waals surface area contributed by atoms with E-state index in [1.54, 1.807) is 12.4 Å². The van der Waals surface area contributed by atoms with Gasteiger partial charge in [0.15, 0.2) is 0 Å². The van der Waals surface area contributed by atoms with Crippen molar-refractivity contribution in [3.8, 4) is 0 Å². The van der Waals surface area contributed by atoms with E-state index in [1.165, 1.54) is 12.5 Å². The molecule has 5 heteroatoms. The Kier molecular flexibility index (Phi) is 4.06. The zero-order chi connectivity index (χ0) is 13.8. The van der Waals surface area contributed by atoms with Gasteiger partial charge in [0.25, 0.3) is 0 Å². The zero-order valence-electron chi connectivity index (χ0n) is 11.4. The maximum absolute atomic E-state index is 13.6. The van der Waals surface area contributed by atoms with Crippen molar-refractivity contribution in [1.29, 1.82) is 0 Å². The smallest absolute Gasteiger partial charge is 0.137 e. The minimum absolute atomic E-state index is 0.138. The Morgan fingerprint density at radius 3 is 3.05 bits per heavy atom. The fourth-order valence-electron chi connectivity index (χ4n) is 2.77. The van der Waals surface area contributed by atoms with E-state index < -0.39 is 0 Å². The first-order valence-corrected chi connectivity index (χ1v) is 7.16. The van der Waals surface area contributed by atoms with Crippen molar-refractivity contribution in [3.05, 3.63) is 47.8 Å². The van der Waals surface area contributed by atoms with Crippen LogP contribution in [0.1, 0.15) is 30.1 Å². The molecule has 4 nitrogen and oxygen atoms in total. The highest BCUT2D eigenvalue weighted by Gasteiger charge is 2.20. The number of nitrogens with zero attached hydrogens (tertiary/aromatic N) is 3. The molecular weight excluding hydrogens is 255 g/mol. The fourth-order valence-corrected chi connectivity index (χ4v) is 2.77. The van der Waals surface area contributed by atoms with Crippen LogP contribution in [0, 0.1) is 5.82 Å². The van der Waals surface area contributed by atoms with Gasteiger partial charge in [-0.25, -0.2) is 4.39 Å². The summed E-state index contributed by atoms with van der Waals surface area (Å²) in [5.41, 5.74) is 0.744. The van der Waals surface area contributed by atoms with Crippen molar-refractivity contribution in [2.24, 2.45) is 0 Å². The van der Waals surface area contributed by atoms with Gasteiger partial charge in [0.05, 0.1) is 0 Å². The Morgan fingerprint density at radius 2 is 2.25 bits per heavy atom. The average Bonchev–Trinajstić information content (AvgIpc) is 2.96. The Hall–Kier alpha value is -1.75. The van der Waals surface area contributed by atoms with E-state index in [0.717, 1.165) is 37.4 Å². The highest BCUT2D eigenvalue weighted by atomic mass is 19.1. The number of hydrogen-bond donors (Lipinski definition) is 1. The first kappa shape index (κ1) is 13.2. The predicted molar refractivity (Wildman–Crippen MR) is 75.0 cm³/mol. The lowest BCUT2D eigenvalue weighted by Gasteiger charge is -2.22. The van der Waals surface area contributed by atoms with Crippen LogP contribution in [0.5, 0.6) is 0 Å². The molecule has 1 atom stereocenters. The van der Waals surface area contributed by atoms with Gasteiger partial charge in [0, 0.05) is 19.0 Å². The number of aromatic nitrogens is 3. The molecule has 0 saturated carbocycles. The average molecular weight is 274 g/mol. The van der Waals surface area contributed by atoms with Gasteiger partial charge < -0.3 is 9.88 Å². The molecule has 0 radical (unpaired) electrons. The van der Waals surface area contributed by atoms with Crippen molar-refractivity contribution in [1.82, 2.24) is 20.1 Å². The summed E-state index contributed by atoms with van der Waals surface area (Å²) < 4.78 is 15.7.